The average molecular weight is 469 g/mol. The van der Waals surface area contributed by atoms with E-state index in [9.17, 15) is 9.59 Å². The van der Waals surface area contributed by atoms with Crippen LogP contribution in [0.15, 0.2) is 48.6 Å². The molecule has 0 aliphatic heterocycles. The van der Waals surface area contributed by atoms with Gasteiger partial charge in [-0.25, -0.2) is 0 Å². The number of amides is 2. The number of rotatable bonds is 13. The number of ether oxygens (including phenoxy) is 4. The highest BCUT2D eigenvalue weighted by atomic mass is 16.5. The standard InChI is InChI=1S/C26H32N2O6/c1-31-21-11-7-19(17-23(21)33-3)9-13-25(29)27-15-5-6-16-28-26(30)14-10-20-8-12-22(32-2)24(18-20)34-4/h7-14,17-18H,5-6,15-16H2,1-4H3,(H,27,29)(H,28,30)/b13-9+,14-10+. The van der Waals surface area contributed by atoms with Gasteiger partial charge < -0.3 is 29.6 Å². The average Bonchev–Trinajstić information content (AvgIpc) is 2.87. The zero-order chi connectivity index (χ0) is 24.8. The summed E-state index contributed by atoms with van der Waals surface area (Å²) in [4.78, 5) is 24.0. The minimum atomic E-state index is -0.184. The normalized spacial score (nSPS) is 10.8. The Hall–Kier alpha value is -3.94. The highest BCUT2D eigenvalue weighted by molar-refractivity contribution is 5.92. The van der Waals surface area contributed by atoms with E-state index in [4.69, 9.17) is 18.9 Å². The van der Waals surface area contributed by atoms with E-state index < -0.39 is 0 Å². The number of nitrogens with one attached hydrogen (secondary N) is 2. The molecule has 2 amide bonds. The van der Waals surface area contributed by atoms with Gasteiger partial charge in [-0.2, -0.15) is 0 Å². The first-order valence-corrected chi connectivity index (χ1v) is 10.9. The quantitative estimate of drug-likeness (QED) is 0.345. The van der Waals surface area contributed by atoms with Gasteiger partial charge in [0.15, 0.2) is 23.0 Å². The summed E-state index contributed by atoms with van der Waals surface area (Å²) in [5.41, 5.74) is 1.66. The third-order valence-electron chi connectivity index (χ3n) is 4.87. The molecule has 8 heteroatoms. The summed E-state index contributed by atoms with van der Waals surface area (Å²) in [7, 11) is 6.27. The fraction of sp³-hybridized carbons (Fsp3) is 0.308. The molecule has 0 heterocycles. The number of methoxy groups -OCH3 is 4. The molecule has 2 aromatic rings. The Bertz CT molecular complexity index is 935. The van der Waals surface area contributed by atoms with E-state index in [-0.39, 0.29) is 11.8 Å². The topological polar surface area (TPSA) is 95.1 Å². The van der Waals surface area contributed by atoms with Crippen LogP contribution in [0.3, 0.4) is 0 Å². The zero-order valence-corrected chi connectivity index (χ0v) is 20.1. The Morgan fingerprint density at radius 1 is 0.647 bits per heavy atom. The Balaban J connectivity index is 1.65. The second-order valence-corrected chi connectivity index (χ2v) is 7.18. The Kier molecular flexibility index (Phi) is 11.0. The molecule has 0 aromatic heterocycles. The molecular formula is C26H32N2O6. The van der Waals surface area contributed by atoms with Crippen LogP contribution in [0.1, 0.15) is 24.0 Å². The molecule has 0 unspecified atom stereocenters. The minimum Gasteiger partial charge on any atom is -0.493 e. The Morgan fingerprint density at radius 2 is 1.03 bits per heavy atom. The summed E-state index contributed by atoms with van der Waals surface area (Å²) >= 11 is 0. The van der Waals surface area contributed by atoms with Crippen molar-refractivity contribution in [1.82, 2.24) is 10.6 Å². The van der Waals surface area contributed by atoms with Crippen LogP contribution in [0.2, 0.25) is 0 Å². The predicted molar refractivity (Wildman–Crippen MR) is 132 cm³/mol. The van der Waals surface area contributed by atoms with Crippen LogP contribution in [0, 0.1) is 0 Å². The van der Waals surface area contributed by atoms with Gasteiger partial charge in [0, 0.05) is 25.2 Å². The van der Waals surface area contributed by atoms with E-state index in [0.717, 1.165) is 24.0 Å². The molecule has 0 aliphatic rings. The van der Waals surface area contributed by atoms with Crippen LogP contribution in [-0.4, -0.2) is 53.3 Å². The van der Waals surface area contributed by atoms with Crippen molar-refractivity contribution in [1.29, 1.82) is 0 Å². The summed E-state index contributed by atoms with van der Waals surface area (Å²) in [5.74, 6) is 2.10. The lowest BCUT2D eigenvalue weighted by Gasteiger charge is -2.07. The molecule has 0 spiro atoms. The lowest BCUT2D eigenvalue weighted by molar-refractivity contribution is -0.117. The summed E-state index contributed by atoms with van der Waals surface area (Å²) in [6.45, 7) is 1.04. The van der Waals surface area contributed by atoms with Gasteiger partial charge in [-0.3, -0.25) is 9.59 Å². The highest BCUT2D eigenvalue weighted by Crippen LogP contribution is 2.28. The summed E-state index contributed by atoms with van der Waals surface area (Å²) in [6.07, 6.45) is 7.86. The van der Waals surface area contributed by atoms with E-state index in [0.29, 0.717) is 36.1 Å². The lowest BCUT2D eigenvalue weighted by atomic mass is 10.2. The van der Waals surface area contributed by atoms with Crippen LogP contribution in [0.25, 0.3) is 12.2 Å². The summed E-state index contributed by atoms with van der Waals surface area (Å²) in [6, 6.07) is 10.8. The smallest absolute Gasteiger partial charge is 0.243 e. The third kappa shape index (κ3) is 8.54. The Labute approximate surface area is 200 Å². The number of carbonyl (C=O) groups is 2. The van der Waals surface area contributed by atoms with Gasteiger partial charge >= 0.3 is 0 Å². The van der Waals surface area contributed by atoms with Crippen molar-refractivity contribution in [3.63, 3.8) is 0 Å². The molecule has 0 radical (unpaired) electrons. The monoisotopic (exact) mass is 468 g/mol. The third-order valence-corrected chi connectivity index (χ3v) is 4.87. The van der Waals surface area contributed by atoms with E-state index in [2.05, 4.69) is 10.6 Å². The van der Waals surface area contributed by atoms with Gasteiger partial charge in [0.05, 0.1) is 28.4 Å². The number of carbonyl (C=O) groups excluding carboxylic acids is 2. The molecule has 0 atom stereocenters. The number of hydrogen-bond acceptors (Lipinski definition) is 6. The van der Waals surface area contributed by atoms with Crippen LogP contribution in [-0.2, 0) is 9.59 Å². The van der Waals surface area contributed by atoms with Crippen molar-refractivity contribution in [3.8, 4) is 23.0 Å². The minimum absolute atomic E-state index is 0.184. The number of unbranched alkanes of at least 4 members (excludes halogenated alkanes) is 1. The maximum absolute atomic E-state index is 12.0. The fourth-order valence-electron chi connectivity index (χ4n) is 3.05. The first-order chi connectivity index (χ1) is 16.5. The van der Waals surface area contributed by atoms with E-state index in [1.807, 2.05) is 12.1 Å². The zero-order valence-electron chi connectivity index (χ0n) is 20.1. The lowest BCUT2D eigenvalue weighted by Crippen LogP contribution is -2.25. The largest absolute Gasteiger partial charge is 0.493 e. The molecule has 2 aromatic carbocycles. The molecule has 182 valence electrons. The summed E-state index contributed by atoms with van der Waals surface area (Å²) in [5, 5.41) is 5.66. The second kappa shape index (κ2) is 14.3. The van der Waals surface area contributed by atoms with Crippen LogP contribution < -0.4 is 29.6 Å². The van der Waals surface area contributed by atoms with Crippen LogP contribution >= 0.6 is 0 Å². The van der Waals surface area contributed by atoms with Gasteiger partial charge in [0.25, 0.3) is 0 Å². The van der Waals surface area contributed by atoms with E-state index in [1.165, 1.54) is 12.2 Å². The number of hydrogen-bond donors (Lipinski definition) is 2. The highest BCUT2D eigenvalue weighted by Gasteiger charge is 2.04. The molecule has 0 saturated heterocycles. The van der Waals surface area contributed by atoms with E-state index >= 15 is 0 Å². The van der Waals surface area contributed by atoms with Gasteiger partial charge in [-0.1, -0.05) is 12.1 Å². The molecule has 8 nitrogen and oxygen atoms in total. The van der Waals surface area contributed by atoms with Crippen molar-refractivity contribution in [3.05, 3.63) is 59.7 Å². The van der Waals surface area contributed by atoms with Crippen molar-refractivity contribution in [2.75, 3.05) is 41.5 Å². The van der Waals surface area contributed by atoms with Gasteiger partial charge in [0.2, 0.25) is 11.8 Å². The van der Waals surface area contributed by atoms with Gasteiger partial charge in [-0.05, 0) is 60.4 Å². The molecule has 0 bridgehead atoms. The molecular weight excluding hydrogens is 436 g/mol. The fourth-order valence-corrected chi connectivity index (χ4v) is 3.05. The molecule has 2 N–H and O–H groups in total. The van der Waals surface area contributed by atoms with E-state index in [1.54, 1.807) is 64.9 Å². The maximum Gasteiger partial charge on any atom is 0.243 e. The first-order valence-electron chi connectivity index (χ1n) is 10.9. The van der Waals surface area contributed by atoms with Crippen molar-refractivity contribution < 1.29 is 28.5 Å². The van der Waals surface area contributed by atoms with Gasteiger partial charge in [0.1, 0.15) is 0 Å². The predicted octanol–water partition coefficient (Wildman–Crippen LogP) is 3.46. The van der Waals surface area contributed by atoms with Crippen LogP contribution in [0.4, 0.5) is 0 Å². The molecule has 2 rings (SSSR count). The summed E-state index contributed by atoms with van der Waals surface area (Å²) < 4.78 is 20.9. The van der Waals surface area contributed by atoms with Crippen molar-refractivity contribution in [2.45, 2.75) is 12.8 Å². The van der Waals surface area contributed by atoms with Crippen LogP contribution in [0.5, 0.6) is 23.0 Å². The van der Waals surface area contributed by atoms with Crippen molar-refractivity contribution >= 4 is 24.0 Å². The molecule has 0 fully saturated rings. The number of benzene rings is 2. The Morgan fingerprint density at radius 3 is 1.38 bits per heavy atom. The molecule has 0 aliphatic carbocycles. The maximum atomic E-state index is 12.0. The molecule has 34 heavy (non-hydrogen) atoms. The first kappa shape index (κ1) is 26.3. The SMILES string of the molecule is COc1ccc(/C=C/C(=O)NCCCCNC(=O)/C=C/c2ccc(OC)c(OC)c2)cc1OC. The van der Waals surface area contributed by atoms with Gasteiger partial charge in [-0.15, -0.1) is 0 Å². The van der Waals surface area contributed by atoms with Crippen molar-refractivity contribution in [2.24, 2.45) is 0 Å². The molecule has 0 saturated carbocycles. The second-order valence-electron chi connectivity index (χ2n) is 7.18.